The highest BCUT2D eigenvalue weighted by atomic mass is 79.9. The number of hydrogen-bond acceptors (Lipinski definition) is 3. The number of ether oxygens (including phenoxy) is 1. The van der Waals surface area contributed by atoms with Crippen LogP contribution in [0.5, 0.6) is 5.75 Å². The first-order chi connectivity index (χ1) is 9.10. The first kappa shape index (κ1) is 14.1. The van der Waals surface area contributed by atoms with Gasteiger partial charge in [-0.2, -0.15) is 0 Å². The lowest BCUT2D eigenvalue weighted by atomic mass is 10.2. The first-order valence-corrected chi connectivity index (χ1v) is 6.70. The fourth-order valence-electron chi connectivity index (χ4n) is 1.72. The Hall–Kier alpha value is -1.33. The van der Waals surface area contributed by atoms with Gasteiger partial charge in [0.2, 0.25) is 0 Å². The molecule has 0 radical (unpaired) electrons. The summed E-state index contributed by atoms with van der Waals surface area (Å²) in [6, 6.07) is 6.49. The molecule has 2 rings (SSSR count). The molecule has 0 bridgehead atoms. The van der Waals surface area contributed by atoms with Crippen molar-refractivity contribution in [3.63, 3.8) is 0 Å². The van der Waals surface area contributed by atoms with Gasteiger partial charge < -0.3 is 14.5 Å². The number of hydrogen-bond donors (Lipinski definition) is 1. The van der Waals surface area contributed by atoms with Gasteiger partial charge in [0.15, 0.2) is 0 Å². The molecule has 3 nitrogen and oxygen atoms in total. The van der Waals surface area contributed by atoms with Crippen LogP contribution in [0.15, 0.2) is 33.2 Å². The summed E-state index contributed by atoms with van der Waals surface area (Å²) in [6.45, 7) is 3.00. The van der Waals surface area contributed by atoms with Crippen molar-refractivity contribution in [3.8, 4) is 5.75 Å². The highest BCUT2D eigenvalue weighted by Crippen LogP contribution is 2.23. The molecule has 0 spiro atoms. The van der Waals surface area contributed by atoms with Gasteiger partial charge in [-0.25, -0.2) is 4.39 Å². The molecule has 1 N–H and O–H groups in total. The summed E-state index contributed by atoms with van der Waals surface area (Å²) in [4.78, 5) is 0. The molecule has 0 atom stereocenters. The minimum absolute atomic E-state index is 0.308. The minimum Gasteiger partial charge on any atom is -0.486 e. The highest BCUT2D eigenvalue weighted by molar-refractivity contribution is 9.10. The molecule has 1 aromatic heterocycles. The SMILES string of the molecule is CNCc1oc(COc2ccc(F)c(Br)c2)cc1C. The van der Waals surface area contributed by atoms with Crippen molar-refractivity contribution in [2.24, 2.45) is 0 Å². The zero-order valence-corrected chi connectivity index (χ0v) is 12.4. The van der Waals surface area contributed by atoms with E-state index in [1.54, 1.807) is 12.1 Å². The quantitative estimate of drug-likeness (QED) is 0.907. The normalized spacial score (nSPS) is 10.7. The Bertz CT molecular complexity index is 569. The second-order valence-electron chi connectivity index (χ2n) is 4.21. The summed E-state index contributed by atoms with van der Waals surface area (Å²) in [5.41, 5.74) is 1.09. The van der Waals surface area contributed by atoms with Crippen LogP contribution in [0, 0.1) is 12.7 Å². The summed E-state index contributed by atoms with van der Waals surface area (Å²) in [5, 5.41) is 3.04. The summed E-state index contributed by atoms with van der Waals surface area (Å²) in [6.07, 6.45) is 0. The van der Waals surface area contributed by atoms with Gasteiger partial charge in [0.1, 0.15) is 29.7 Å². The van der Waals surface area contributed by atoms with Gasteiger partial charge in [0.05, 0.1) is 11.0 Å². The third-order valence-corrected chi connectivity index (χ3v) is 3.29. The van der Waals surface area contributed by atoms with Crippen LogP contribution in [0.25, 0.3) is 0 Å². The fraction of sp³-hybridized carbons (Fsp3) is 0.286. The van der Waals surface area contributed by atoms with Crippen LogP contribution in [-0.2, 0) is 13.2 Å². The molecule has 2 aromatic rings. The average Bonchev–Trinajstić information content (AvgIpc) is 2.72. The molecule has 0 aliphatic carbocycles. The van der Waals surface area contributed by atoms with Crippen LogP contribution >= 0.6 is 15.9 Å². The topological polar surface area (TPSA) is 34.4 Å². The van der Waals surface area contributed by atoms with E-state index >= 15 is 0 Å². The third-order valence-electron chi connectivity index (χ3n) is 2.68. The molecule has 102 valence electrons. The van der Waals surface area contributed by atoms with Gasteiger partial charge in [-0.3, -0.25) is 0 Å². The van der Waals surface area contributed by atoms with Crippen LogP contribution in [0.4, 0.5) is 4.39 Å². The van der Waals surface area contributed by atoms with Crippen molar-refractivity contribution < 1.29 is 13.5 Å². The Morgan fingerprint density at radius 1 is 1.37 bits per heavy atom. The molecule has 0 unspecified atom stereocenters. The van der Waals surface area contributed by atoms with Gasteiger partial charge in [-0.05, 0) is 59.7 Å². The molecular formula is C14H15BrFNO2. The van der Waals surface area contributed by atoms with Crippen LogP contribution < -0.4 is 10.1 Å². The minimum atomic E-state index is -0.308. The second kappa shape index (κ2) is 6.21. The average molecular weight is 328 g/mol. The van der Waals surface area contributed by atoms with Crippen LogP contribution in [0.2, 0.25) is 0 Å². The smallest absolute Gasteiger partial charge is 0.146 e. The van der Waals surface area contributed by atoms with E-state index in [2.05, 4.69) is 21.2 Å². The van der Waals surface area contributed by atoms with Crippen molar-refractivity contribution in [2.75, 3.05) is 7.05 Å². The van der Waals surface area contributed by atoms with E-state index in [9.17, 15) is 4.39 Å². The lowest BCUT2D eigenvalue weighted by Gasteiger charge is -2.05. The predicted molar refractivity (Wildman–Crippen MR) is 74.6 cm³/mol. The molecule has 0 saturated carbocycles. The third kappa shape index (κ3) is 3.58. The largest absolute Gasteiger partial charge is 0.486 e. The van der Waals surface area contributed by atoms with Gasteiger partial charge >= 0.3 is 0 Å². The lowest BCUT2D eigenvalue weighted by molar-refractivity contribution is 0.265. The van der Waals surface area contributed by atoms with Gasteiger partial charge in [-0.15, -0.1) is 0 Å². The molecule has 5 heteroatoms. The van der Waals surface area contributed by atoms with E-state index in [1.807, 2.05) is 20.0 Å². The van der Waals surface area contributed by atoms with E-state index in [1.165, 1.54) is 6.07 Å². The van der Waals surface area contributed by atoms with E-state index in [0.29, 0.717) is 23.4 Å². The van der Waals surface area contributed by atoms with E-state index in [0.717, 1.165) is 17.1 Å². The highest BCUT2D eigenvalue weighted by Gasteiger charge is 2.08. The van der Waals surface area contributed by atoms with Crippen molar-refractivity contribution in [2.45, 2.75) is 20.1 Å². The van der Waals surface area contributed by atoms with Crippen LogP contribution in [-0.4, -0.2) is 7.05 Å². The molecule has 0 aliphatic rings. The van der Waals surface area contributed by atoms with Crippen molar-refractivity contribution in [3.05, 3.63) is 51.6 Å². The Morgan fingerprint density at radius 3 is 2.84 bits per heavy atom. The number of halogens is 2. The van der Waals surface area contributed by atoms with Crippen molar-refractivity contribution in [1.82, 2.24) is 5.32 Å². The summed E-state index contributed by atoms with van der Waals surface area (Å²) in [5.74, 6) is 1.94. The Balaban J connectivity index is 2.01. The van der Waals surface area contributed by atoms with Gasteiger partial charge in [0.25, 0.3) is 0 Å². The molecule has 0 aliphatic heterocycles. The molecule has 0 amide bonds. The van der Waals surface area contributed by atoms with E-state index in [4.69, 9.17) is 9.15 Å². The maximum absolute atomic E-state index is 13.1. The zero-order chi connectivity index (χ0) is 13.8. The Labute approximate surface area is 119 Å². The number of aryl methyl sites for hydroxylation is 1. The molecule has 1 heterocycles. The van der Waals surface area contributed by atoms with E-state index in [-0.39, 0.29) is 5.82 Å². The number of nitrogens with one attached hydrogen (secondary N) is 1. The summed E-state index contributed by atoms with van der Waals surface area (Å²) < 4.78 is 24.7. The summed E-state index contributed by atoms with van der Waals surface area (Å²) in [7, 11) is 1.87. The molecular weight excluding hydrogens is 313 g/mol. The Kier molecular flexibility index (Phi) is 4.61. The second-order valence-corrected chi connectivity index (χ2v) is 5.07. The predicted octanol–water partition coefficient (Wildman–Crippen LogP) is 3.79. The Morgan fingerprint density at radius 2 is 2.16 bits per heavy atom. The van der Waals surface area contributed by atoms with Gasteiger partial charge in [-0.1, -0.05) is 0 Å². The van der Waals surface area contributed by atoms with Crippen LogP contribution in [0.3, 0.4) is 0 Å². The summed E-state index contributed by atoms with van der Waals surface area (Å²) >= 11 is 3.12. The maximum atomic E-state index is 13.1. The molecule has 19 heavy (non-hydrogen) atoms. The maximum Gasteiger partial charge on any atom is 0.146 e. The van der Waals surface area contributed by atoms with Gasteiger partial charge in [0, 0.05) is 0 Å². The van der Waals surface area contributed by atoms with E-state index < -0.39 is 0 Å². The monoisotopic (exact) mass is 327 g/mol. The molecule has 1 aromatic carbocycles. The zero-order valence-electron chi connectivity index (χ0n) is 10.8. The number of benzene rings is 1. The molecule has 0 saturated heterocycles. The first-order valence-electron chi connectivity index (χ1n) is 5.91. The lowest BCUT2D eigenvalue weighted by Crippen LogP contribution is -2.04. The number of rotatable bonds is 5. The van der Waals surface area contributed by atoms with Crippen LogP contribution in [0.1, 0.15) is 17.1 Å². The van der Waals surface area contributed by atoms with Crippen molar-refractivity contribution in [1.29, 1.82) is 0 Å². The van der Waals surface area contributed by atoms with Crippen molar-refractivity contribution >= 4 is 15.9 Å². The number of furan rings is 1. The fourth-order valence-corrected chi connectivity index (χ4v) is 2.08. The molecule has 0 fully saturated rings. The standard InChI is InChI=1S/C14H15BrFNO2/c1-9-5-11(19-14(9)7-17-2)8-18-10-3-4-13(16)12(15)6-10/h3-6,17H,7-8H2,1-2H3.